The van der Waals surface area contributed by atoms with Gasteiger partial charge in [-0.25, -0.2) is 4.79 Å². The maximum Gasteiger partial charge on any atom is 0.330 e. The molecule has 1 aliphatic carbocycles. The number of aromatic amines is 1. The number of aromatic nitrogens is 2. The van der Waals surface area contributed by atoms with Crippen LogP contribution in [0.5, 0.6) is 0 Å². The molecule has 0 radical (unpaired) electrons. The molecule has 1 aromatic heterocycles. The topological polar surface area (TPSA) is 82.6 Å². The van der Waals surface area contributed by atoms with E-state index in [9.17, 15) is 9.59 Å². The Morgan fingerprint density at radius 3 is 2.09 bits per heavy atom. The Morgan fingerprint density at radius 1 is 1.09 bits per heavy atom. The summed E-state index contributed by atoms with van der Waals surface area (Å²) in [6, 6.07) is 1.31. The van der Waals surface area contributed by atoms with Gasteiger partial charge in [-0.3, -0.25) is 14.3 Å². The van der Waals surface area contributed by atoms with E-state index in [1.165, 1.54) is 16.8 Å². The highest BCUT2D eigenvalue weighted by atomic mass is 35.5. The summed E-state index contributed by atoms with van der Waals surface area (Å²) in [7, 11) is -4.47. The number of fused-ring (bicyclic) bond motifs is 1. The summed E-state index contributed by atoms with van der Waals surface area (Å²) in [6.07, 6.45) is 1.000. The van der Waals surface area contributed by atoms with Crippen LogP contribution >= 0.6 is 11.6 Å². The van der Waals surface area contributed by atoms with Gasteiger partial charge in [-0.15, -0.1) is 11.6 Å². The van der Waals surface area contributed by atoms with E-state index in [0.717, 1.165) is 0 Å². The van der Waals surface area contributed by atoms with Crippen molar-refractivity contribution in [3.63, 3.8) is 0 Å². The lowest BCUT2D eigenvalue weighted by molar-refractivity contribution is -0.0659. The number of hydrogen-bond donors (Lipinski definition) is 1. The third-order valence-corrected chi connectivity index (χ3v) is 17.9. The molecule has 2 heterocycles. The molecule has 188 valence electrons. The highest BCUT2D eigenvalue weighted by Gasteiger charge is 2.89. The highest BCUT2D eigenvalue weighted by Crippen LogP contribution is 2.71. The number of halogens is 1. The van der Waals surface area contributed by atoms with Gasteiger partial charge in [0.25, 0.3) is 5.56 Å². The van der Waals surface area contributed by atoms with E-state index < -0.39 is 50.7 Å². The van der Waals surface area contributed by atoms with Crippen LogP contribution in [0, 0.1) is 0 Å². The van der Waals surface area contributed by atoms with E-state index in [0.29, 0.717) is 6.42 Å². The minimum atomic E-state index is -2.30. The van der Waals surface area contributed by atoms with Crippen molar-refractivity contribution in [1.29, 1.82) is 0 Å². The molecule has 2 unspecified atom stereocenters. The molecule has 33 heavy (non-hydrogen) atoms. The fraction of sp³-hybridized carbons (Fsp3) is 0.826. The first-order valence-electron chi connectivity index (χ1n) is 11.8. The minimum absolute atomic E-state index is 0.00798. The number of nitrogens with zero attached hydrogens (tertiary/aromatic N) is 1. The van der Waals surface area contributed by atoms with Gasteiger partial charge in [0.05, 0.1) is 0 Å². The van der Waals surface area contributed by atoms with Crippen LogP contribution in [0.25, 0.3) is 0 Å². The molecular weight excluding hydrogens is 476 g/mol. The number of ether oxygens (including phenoxy) is 1. The second-order valence-corrected chi connectivity index (χ2v) is 22.5. The van der Waals surface area contributed by atoms with Crippen molar-refractivity contribution in [1.82, 2.24) is 9.55 Å². The van der Waals surface area contributed by atoms with Gasteiger partial charge >= 0.3 is 5.69 Å². The van der Waals surface area contributed by atoms with Gasteiger partial charge in [-0.2, -0.15) is 0 Å². The van der Waals surface area contributed by atoms with Gasteiger partial charge in [0, 0.05) is 12.3 Å². The zero-order valence-electron chi connectivity index (χ0n) is 22.0. The Bertz CT molecular complexity index is 1030. The molecule has 3 rings (SSSR count). The molecule has 0 aromatic carbocycles. The Kier molecular flexibility index (Phi) is 6.43. The number of rotatable bonds is 6. The molecule has 1 aliphatic heterocycles. The van der Waals surface area contributed by atoms with E-state index in [-0.39, 0.29) is 16.2 Å². The van der Waals surface area contributed by atoms with Crippen molar-refractivity contribution < 1.29 is 13.6 Å². The maximum absolute atomic E-state index is 12.6. The van der Waals surface area contributed by atoms with E-state index in [4.69, 9.17) is 25.2 Å². The predicted octanol–water partition coefficient (Wildman–Crippen LogP) is 4.99. The van der Waals surface area contributed by atoms with Crippen molar-refractivity contribution in [3.8, 4) is 0 Å². The highest BCUT2D eigenvalue weighted by molar-refractivity contribution is 6.75. The van der Waals surface area contributed by atoms with E-state index >= 15 is 0 Å². The zero-order valence-corrected chi connectivity index (χ0v) is 24.7. The maximum atomic E-state index is 12.6. The zero-order chi connectivity index (χ0) is 25.4. The Morgan fingerprint density at radius 2 is 1.64 bits per heavy atom. The Labute approximate surface area is 204 Å². The molecule has 1 aromatic rings. The lowest BCUT2D eigenvalue weighted by Gasteiger charge is -2.42. The smallest absolute Gasteiger partial charge is 0.330 e. The van der Waals surface area contributed by atoms with Crippen molar-refractivity contribution in [2.45, 2.75) is 120 Å². The summed E-state index contributed by atoms with van der Waals surface area (Å²) >= 11 is 7.19. The first-order valence-corrected chi connectivity index (χ1v) is 18.0. The van der Waals surface area contributed by atoms with Gasteiger partial charge in [-0.1, -0.05) is 48.5 Å². The molecule has 1 saturated carbocycles. The summed E-state index contributed by atoms with van der Waals surface area (Å²) < 4.78 is 22.0. The number of alkyl halides is 1. The van der Waals surface area contributed by atoms with Gasteiger partial charge in [-0.05, 0) is 42.7 Å². The lowest BCUT2D eigenvalue weighted by Crippen LogP contribution is -2.52. The van der Waals surface area contributed by atoms with Crippen LogP contribution in [0.2, 0.25) is 36.3 Å². The molecular formula is C23H41ClN2O5Si2. The largest absolute Gasteiger partial charge is 0.408 e. The van der Waals surface area contributed by atoms with Gasteiger partial charge in [0.2, 0.25) is 0 Å². The molecule has 1 saturated heterocycles. The first-order chi connectivity index (χ1) is 14.8. The third-order valence-electron chi connectivity index (χ3n) is 8.48. The summed E-state index contributed by atoms with van der Waals surface area (Å²) in [5, 5.41) is -0.701. The molecule has 0 amide bonds. The molecule has 0 spiro atoms. The second kappa shape index (κ2) is 7.89. The van der Waals surface area contributed by atoms with Crippen LogP contribution in [0.15, 0.2) is 21.9 Å². The summed E-state index contributed by atoms with van der Waals surface area (Å²) in [4.78, 5) is 26.5. The summed E-state index contributed by atoms with van der Waals surface area (Å²) in [5.41, 5.74) is -2.63. The number of H-pyrrole nitrogens is 1. The molecule has 0 bridgehead atoms. The fourth-order valence-electron chi connectivity index (χ4n) is 4.28. The van der Waals surface area contributed by atoms with Crippen LogP contribution in [-0.2, 0) is 13.6 Å². The van der Waals surface area contributed by atoms with Crippen LogP contribution in [0.4, 0.5) is 0 Å². The molecule has 2 aliphatic rings. The van der Waals surface area contributed by atoms with E-state index in [2.05, 4.69) is 79.6 Å². The third kappa shape index (κ3) is 3.96. The second-order valence-electron chi connectivity index (χ2n) is 12.6. The Balaban J connectivity index is 2.11. The lowest BCUT2D eigenvalue weighted by atomic mass is 10.1. The molecule has 10 heteroatoms. The van der Waals surface area contributed by atoms with Crippen LogP contribution in [-0.4, -0.2) is 48.9 Å². The molecule has 1 N–H and O–H groups in total. The van der Waals surface area contributed by atoms with Crippen LogP contribution < -0.4 is 11.2 Å². The van der Waals surface area contributed by atoms with E-state index in [1.807, 2.05) is 0 Å². The average Bonchev–Trinajstić information content (AvgIpc) is 3.05. The number of hydrogen-bond acceptors (Lipinski definition) is 5. The molecule has 7 nitrogen and oxygen atoms in total. The summed E-state index contributed by atoms with van der Waals surface area (Å²) in [5.74, 6) is 0. The number of nitrogens with one attached hydrogen (secondary N) is 1. The average molecular weight is 517 g/mol. The van der Waals surface area contributed by atoms with Crippen molar-refractivity contribution >= 4 is 28.2 Å². The molecule has 2 fully saturated rings. The van der Waals surface area contributed by atoms with E-state index in [1.54, 1.807) is 0 Å². The van der Waals surface area contributed by atoms with Crippen molar-refractivity contribution in [2.24, 2.45) is 0 Å². The van der Waals surface area contributed by atoms with Gasteiger partial charge < -0.3 is 13.6 Å². The van der Waals surface area contributed by atoms with Crippen LogP contribution in [0.1, 0.15) is 61.1 Å². The summed E-state index contributed by atoms with van der Waals surface area (Å²) in [6.45, 7) is 24.1. The predicted molar refractivity (Wildman–Crippen MR) is 137 cm³/mol. The van der Waals surface area contributed by atoms with Gasteiger partial charge in [0.15, 0.2) is 22.9 Å². The molecule has 5 atom stereocenters. The van der Waals surface area contributed by atoms with Crippen LogP contribution in [0.3, 0.4) is 0 Å². The minimum Gasteiger partial charge on any atom is -0.408 e. The fourth-order valence-corrected chi connectivity index (χ4v) is 7.74. The SMILES string of the molecule is CC[C@]12O[C@@H](n3ccc(=O)[nH]c3=O)[C@H](Cl)C1(O[Si](C)(C)C(C)(C)C)C2O[Si](C)(C)C(C)(C)C. The monoisotopic (exact) mass is 516 g/mol. The van der Waals surface area contributed by atoms with Crippen molar-refractivity contribution in [2.75, 3.05) is 0 Å². The quantitative estimate of drug-likeness (QED) is 0.425. The Hall–Kier alpha value is -0.716. The first kappa shape index (κ1) is 26.9. The van der Waals surface area contributed by atoms with Gasteiger partial charge in [0.1, 0.15) is 22.7 Å². The standard InChI is InChI=1S/C23H41ClN2O5Si2/c1-12-22-18(30-32(8,9)20(2,3)4)23(22,31-33(10,11)21(5,6)7)16(24)17(29-22)26-14-13-15(27)25-19(26)28/h13-14,16-18H,12H2,1-11H3,(H,25,27,28)/t16-,17+,18?,22+,23?/m0/s1. The van der Waals surface area contributed by atoms with Crippen molar-refractivity contribution in [3.05, 3.63) is 33.1 Å². The normalized spacial score (nSPS) is 32.7.